The molecule has 1 fully saturated rings. The van der Waals surface area contributed by atoms with E-state index in [-0.39, 0.29) is 36.9 Å². The van der Waals surface area contributed by atoms with E-state index in [4.69, 9.17) is 4.74 Å². The van der Waals surface area contributed by atoms with Crippen molar-refractivity contribution >= 4 is 28.0 Å². The first-order valence-electron chi connectivity index (χ1n) is 7.27. The van der Waals surface area contributed by atoms with Gasteiger partial charge in [0.1, 0.15) is 5.75 Å². The Morgan fingerprint density at radius 1 is 1.17 bits per heavy atom. The van der Waals surface area contributed by atoms with Gasteiger partial charge in [-0.05, 0) is 18.2 Å². The third-order valence-electron chi connectivity index (χ3n) is 3.87. The molecule has 0 saturated carbocycles. The van der Waals surface area contributed by atoms with Crippen LogP contribution in [0.1, 0.15) is 6.42 Å². The summed E-state index contributed by atoms with van der Waals surface area (Å²) in [5, 5.41) is 2.65. The van der Waals surface area contributed by atoms with Crippen molar-refractivity contribution in [1.29, 1.82) is 0 Å². The molecule has 0 aliphatic carbocycles. The summed E-state index contributed by atoms with van der Waals surface area (Å²) in [6, 6.07) is 4.44. The lowest BCUT2D eigenvalue weighted by molar-refractivity contribution is -0.119. The molecule has 1 aromatic rings. The molecule has 124 valence electrons. The molecule has 2 amide bonds. The van der Waals surface area contributed by atoms with Crippen LogP contribution < -0.4 is 10.1 Å². The maximum atomic E-state index is 12.7. The minimum absolute atomic E-state index is 0.0987. The highest BCUT2D eigenvalue weighted by Gasteiger charge is 2.29. The van der Waals surface area contributed by atoms with Crippen molar-refractivity contribution in [1.82, 2.24) is 9.21 Å². The van der Waals surface area contributed by atoms with Crippen LogP contribution in [0.15, 0.2) is 23.1 Å². The first kappa shape index (κ1) is 15.8. The van der Waals surface area contributed by atoms with Gasteiger partial charge in [0.05, 0.1) is 23.6 Å². The summed E-state index contributed by atoms with van der Waals surface area (Å²) in [7, 11) is -3.67. The summed E-state index contributed by atoms with van der Waals surface area (Å²) >= 11 is 0. The van der Waals surface area contributed by atoms with Crippen molar-refractivity contribution in [3.63, 3.8) is 0 Å². The summed E-state index contributed by atoms with van der Waals surface area (Å²) in [5.74, 6) is 0.249. The molecule has 0 bridgehead atoms. The molecule has 8 nitrogen and oxygen atoms in total. The Hall–Kier alpha value is -2.13. The maximum absolute atomic E-state index is 12.7. The number of nitrogens with zero attached hydrogens (tertiary/aromatic N) is 2. The molecule has 2 heterocycles. The number of amides is 2. The minimum atomic E-state index is -3.67. The highest BCUT2D eigenvalue weighted by Crippen LogP contribution is 2.31. The molecule has 0 atom stereocenters. The van der Waals surface area contributed by atoms with Crippen LogP contribution >= 0.6 is 0 Å². The van der Waals surface area contributed by atoms with Crippen molar-refractivity contribution in [2.75, 3.05) is 38.1 Å². The fourth-order valence-corrected chi connectivity index (χ4v) is 4.01. The second-order valence-corrected chi connectivity index (χ2v) is 7.29. The topological polar surface area (TPSA) is 96.0 Å². The van der Waals surface area contributed by atoms with Gasteiger partial charge < -0.3 is 15.0 Å². The fourth-order valence-electron chi connectivity index (χ4n) is 2.56. The van der Waals surface area contributed by atoms with Crippen LogP contribution in [0.5, 0.6) is 5.75 Å². The van der Waals surface area contributed by atoms with Crippen LogP contribution in [0, 0.1) is 0 Å². The van der Waals surface area contributed by atoms with Gasteiger partial charge in [-0.25, -0.2) is 8.42 Å². The zero-order valence-corrected chi connectivity index (χ0v) is 13.2. The zero-order valence-electron chi connectivity index (χ0n) is 12.4. The Labute approximate surface area is 134 Å². The summed E-state index contributed by atoms with van der Waals surface area (Å²) in [4.78, 5) is 23.9. The molecule has 9 heteroatoms. The minimum Gasteiger partial charge on any atom is -0.491 e. The van der Waals surface area contributed by atoms with Crippen LogP contribution in [0.4, 0.5) is 5.69 Å². The molecule has 1 saturated heterocycles. The van der Waals surface area contributed by atoms with Crippen molar-refractivity contribution in [2.24, 2.45) is 0 Å². The highest BCUT2D eigenvalue weighted by molar-refractivity contribution is 7.89. The zero-order chi connectivity index (χ0) is 16.4. The smallest absolute Gasteiger partial charge is 0.243 e. The highest BCUT2D eigenvalue weighted by atomic mass is 32.2. The maximum Gasteiger partial charge on any atom is 0.243 e. The Kier molecular flexibility index (Phi) is 4.22. The summed E-state index contributed by atoms with van der Waals surface area (Å²) in [6.45, 7) is 1.50. The molecule has 3 rings (SSSR count). The van der Waals surface area contributed by atoms with Crippen LogP contribution in [-0.2, 0) is 19.6 Å². The van der Waals surface area contributed by atoms with Gasteiger partial charge in [0.25, 0.3) is 0 Å². The molecule has 1 aromatic carbocycles. The molecular formula is C14H17N3O5S. The van der Waals surface area contributed by atoms with E-state index in [2.05, 4.69) is 5.32 Å². The van der Waals surface area contributed by atoms with E-state index in [1.165, 1.54) is 21.3 Å². The molecule has 2 aliphatic heterocycles. The Balaban J connectivity index is 1.86. The van der Waals surface area contributed by atoms with Gasteiger partial charge in [-0.15, -0.1) is 0 Å². The number of hydrogen-bond acceptors (Lipinski definition) is 5. The van der Waals surface area contributed by atoms with Crippen molar-refractivity contribution in [2.45, 2.75) is 11.3 Å². The summed E-state index contributed by atoms with van der Waals surface area (Å²) in [6.07, 6.45) is 0.948. The number of carbonyl (C=O) groups excluding carboxylic acids is 2. The first-order valence-corrected chi connectivity index (χ1v) is 8.71. The van der Waals surface area contributed by atoms with Gasteiger partial charge >= 0.3 is 0 Å². The van der Waals surface area contributed by atoms with Crippen molar-refractivity contribution in [3.8, 4) is 5.75 Å². The Morgan fingerprint density at radius 2 is 1.91 bits per heavy atom. The number of fused-ring (bicyclic) bond motifs is 1. The van der Waals surface area contributed by atoms with Crippen LogP contribution in [0.3, 0.4) is 0 Å². The van der Waals surface area contributed by atoms with E-state index in [1.54, 1.807) is 6.07 Å². The molecule has 0 unspecified atom stereocenters. The monoisotopic (exact) mass is 339 g/mol. The third-order valence-corrected chi connectivity index (χ3v) is 5.77. The average molecular weight is 339 g/mol. The lowest BCUT2D eigenvalue weighted by Crippen LogP contribution is -2.47. The average Bonchev–Trinajstić information content (AvgIpc) is 2.74. The van der Waals surface area contributed by atoms with E-state index in [0.29, 0.717) is 24.5 Å². The van der Waals surface area contributed by atoms with Gasteiger partial charge in [-0.2, -0.15) is 4.31 Å². The molecule has 0 aromatic heterocycles. The standard InChI is InChI=1S/C14H17N3O5S/c18-10-16-4-6-17(7-5-16)23(20,21)11-1-2-13-12(9-11)15-14(19)3-8-22-13/h1-2,9-10H,3-8H2,(H,15,19). The molecular weight excluding hydrogens is 322 g/mol. The van der Waals surface area contributed by atoms with Gasteiger partial charge in [0, 0.05) is 26.2 Å². The molecule has 0 spiro atoms. The van der Waals surface area contributed by atoms with E-state index in [1.807, 2.05) is 0 Å². The van der Waals surface area contributed by atoms with E-state index < -0.39 is 10.0 Å². The first-order chi connectivity index (χ1) is 11.0. The second kappa shape index (κ2) is 6.17. The number of nitrogens with one attached hydrogen (secondary N) is 1. The van der Waals surface area contributed by atoms with E-state index >= 15 is 0 Å². The van der Waals surface area contributed by atoms with Crippen molar-refractivity contribution in [3.05, 3.63) is 18.2 Å². The normalized spacial score (nSPS) is 19.3. The fraction of sp³-hybridized carbons (Fsp3) is 0.429. The number of sulfonamides is 1. The Bertz CT molecular complexity index is 726. The number of anilines is 1. The van der Waals surface area contributed by atoms with Gasteiger partial charge in [0.15, 0.2) is 0 Å². The molecule has 2 aliphatic rings. The Morgan fingerprint density at radius 3 is 2.61 bits per heavy atom. The van der Waals surface area contributed by atoms with Gasteiger partial charge in [-0.3, -0.25) is 9.59 Å². The number of rotatable bonds is 3. The third kappa shape index (κ3) is 3.15. The number of carbonyl (C=O) groups is 2. The lowest BCUT2D eigenvalue weighted by Gasteiger charge is -2.31. The SMILES string of the molecule is O=CN1CCN(S(=O)(=O)c2ccc3c(c2)NC(=O)CCO3)CC1. The number of piperazine rings is 1. The van der Waals surface area contributed by atoms with E-state index in [9.17, 15) is 18.0 Å². The second-order valence-electron chi connectivity index (χ2n) is 5.35. The summed E-state index contributed by atoms with van der Waals surface area (Å²) in [5.41, 5.74) is 0.361. The number of benzene rings is 1. The van der Waals surface area contributed by atoms with Gasteiger partial charge in [0.2, 0.25) is 22.3 Å². The van der Waals surface area contributed by atoms with Crippen molar-refractivity contribution < 1.29 is 22.7 Å². The van der Waals surface area contributed by atoms with Gasteiger partial charge in [-0.1, -0.05) is 0 Å². The molecule has 0 radical (unpaired) electrons. The summed E-state index contributed by atoms with van der Waals surface area (Å²) < 4.78 is 32.2. The van der Waals surface area contributed by atoms with Crippen LogP contribution in [0.25, 0.3) is 0 Å². The predicted octanol–water partition coefficient (Wildman–Crippen LogP) is -0.130. The predicted molar refractivity (Wildman–Crippen MR) is 81.6 cm³/mol. The number of hydrogen-bond donors (Lipinski definition) is 1. The lowest BCUT2D eigenvalue weighted by atomic mass is 10.3. The molecule has 23 heavy (non-hydrogen) atoms. The van der Waals surface area contributed by atoms with Crippen LogP contribution in [0.2, 0.25) is 0 Å². The van der Waals surface area contributed by atoms with E-state index in [0.717, 1.165) is 6.41 Å². The number of ether oxygens (including phenoxy) is 1. The quantitative estimate of drug-likeness (QED) is 0.774. The van der Waals surface area contributed by atoms with Crippen LogP contribution in [-0.4, -0.2) is 62.7 Å². The molecule has 1 N–H and O–H groups in total. The largest absolute Gasteiger partial charge is 0.491 e.